The van der Waals surface area contributed by atoms with E-state index in [1.807, 2.05) is 6.92 Å². The quantitative estimate of drug-likeness (QED) is 0.677. The van der Waals surface area contributed by atoms with E-state index in [2.05, 4.69) is 19.2 Å². The molecule has 0 aromatic rings. The minimum atomic E-state index is -0.674. The molecule has 0 aliphatic heterocycles. The van der Waals surface area contributed by atoms with E-state index in [0.717, 1.165) is 18.8 Å². The Morgan fingerprint density at radius 3 is 2.33 bits per heavy atom. The van der Waals surface area contributed by atoms with Gasteiger partial charge >= 0.3 is 6.03 Å². The lowest BCUT2D eigenvalue weighted by atomic mass is 10.0. The summed E-state index contributed by atoms with van der Waals surface area (Å²) < 4.78 is 0. The largest absolute Gasteiger partial charge is 0.334 e. The molecule has 0 bridgehead atoms. The number of urea groups is 1. The van der Waals surface area contributed by atoms with Gasteiger partial charge in [0.05, 0.1) is 0 Å². The molecule has 0 saturated carbocycles. The molecule has 3 heteroatoms. The number of hydrogen-bond donors (Lipinski definition) is 1. The van der Waals surface area contributed by atoms with Gasteiger partial charge in [-0.2, -0.15) is 0 Å². The molecule has 1 atom stereocenters. The molecule has 0 rings (SSSR count). The minimum absolute atomic E-state index is 0.147. The van der Waals surface area contributed by atoms with Crippen molar-refractivity contribution < 1.29 is 4.79 Å². The molecule has 12 heavy (non-hydrogen) atoms. The van der Waals surface area contributed by atoms with Gasteiger partial charge in [-0.3, -0.25) is 0 Å². The van der Waals surface area contributed by atoms with E-state index in [4.69, 9.17) is 5.73 Å². The highest BCUT2D eigenvalue weighted by Gasteiger charge is 2.03. The van der Waals surface area contributed by atoms with Crippen LogP contribution in [-0.4, -0.2) is 12.1 Å². The number of hydrogen-bond acceptors (Lipinski definition) is 1. The van der Waals surface area contributed by atoms with E-state index in [1.54, 1.807) is 0 Å². The lowest BCUT2D eigenvalue weighted by molar-refractivity contribution is 0.244. The lowest BCUT2D eigenvalue weighted by Crippen LogP contribution is -2.31. The first-order valence-electron chi connectivity index (χ1n) is 4.54. The van der Waals surface area contributed by atoms with Gasteiger partial charge in [-0.1, -0.05) is 26.7 Å². The van der Waals surface area contributed by atoms with Crippen LogP contribution in [0.5, 0.6) is 0 Å². The average molecular weight is 171 g/mol. The van der Waals surface area contributed by atoms with Crippen molar-refractivity contribution in [2.75, 3.05) is 0 Å². The summed E-state index contributed by atoms with van der Waals surface area (Å²) in [5.41, 5.74) is 6.68. The summed E-state index contributed by atoms with van der Waals surface area (Å²) in [4.78, 5) is 10.3. The van der Waals surface area contributed by atoms with Crippen molar-refractivity contribution in [2.45, 2.75) is 46.1 Å². The standard InChI is InChI=1S/C9H19N2O/c1-7(2)5-4-6-8(3)11-9(10)12/h7-8,10H,4-6H2,1-3H3,(H,11,12). The third-order valence-electron chi connectivity index (χ3n) is 1.80. The Hall–Kier alpha value is -0.730. The highest BCUT2D eigenvalue weighted by molar-refractivity contribution is 5.70. The van der Waals surface area contributed by atoms with Gasteiger partial charge in [0, 0.05) is 6.04 Å². The Morgan fingerprint density at radius 2 is 1.92 bits per heavy atom. The molecule has 0 aromatic heterocycles. The lowest BCUT2D eigenvalue weighted by Gasteiger charge is -2.11. The van der Waals surface area contributed by atoms with Crippen molar-refractivity contribution in [3.8, 4) is 0 Å². The molecule has 0 aliphatic carbocycles. The molecular weight excluding hydrogens is 152 g/mol. The first kappa shape index (κ1) is 11.3. The molecule has 1 unspecified atom stereocenters. The Balaban J connectivity index is 3.31. The van der Waals surface area contributed by atoms with Crippen molar-refractivity contribution in [1.29, 1.82) is 0 Å². The van der Waals surface area contributed by atoms with Crippen LogP contribution in [0.4, 0.5) is 4.79 Å². The average Bonchev–Trinajstić information content (AvgIpc) is 1.84. The monoisotopic (exact) mass is 171 g/mol. The van der Waals surface area contributed by atoms with Crippen LogP contribution >= 0.6 is 0 Å². The second-order valence-electron chi connectivity index (χ2n) is 3.70. The number of nitrogens with one attached hydrogen (secondary N) is 2. The van der Waals surface area contributed by atoms with Gasteiger partial charge < -0.3 is 5.32 Å². The fourth-order valence-electron chi connectivity index (χ4n) is 1.13. The maximum absolute atomic E-state index is 10.3. The molecule has 71 valence electrons. The van der Waals surface area contributed by atoms with E-state index in [1.165, 1.54) is 6.42 Å². The molecule has 0 fully saturated rings. The third kappa shape index (κ3) is 7.38. The summed E-state index contributed by atoms with van der Waals surface area (Å²) in [6.07, 6.45) is 3.29. The summed E-state index contributed by atoms with van der Waals surface area (Å²) in [7, 11) is 0. The second-order valence-corrected chi connectivity index (χ2v) is 3.70. The first-order chi connectivity index (χ1) is 5.52. The summed E-state index contributed by atoms with van der Waals surface area (Å²) in [5, 5.41) is 2.54. The van der Waals surface area contributed by atoms with Crippen molar-refractivity contribution >= 4 is 6.03 Å². The fraction of sp³-hybridized carbons (Fsp3) is 0.889. The zero-order valence-corrected chi connectivity index (χ0v) is 8.18. The van der Waals surface area contributed by atoms with Crippen LogP contribution in [0.1, 0.15) is 40.0 Å². The number of carbonyl (C=O) groups is 1. The van der Waals surface area contributed by atoms with Gasteiger partial charge in [0.25, 0.3) is 0 Å². The van der Waals surface area contributed by atoms with Gasteiger partial charge in [0.2, 0.25) is 0 Å². The third-order valence-corrected chi connectivity index (χ3v) is 1.80. The Morgan fingerprint density at radius 1 is 1.33 bits per heavy atom. The molecule has 2 amide bonds. The van der Waals surface area contributed by atoms with Crippen molar-refractivity contribution in [2.24, 2.45) is 5.92 Å². The van der Waals surface area contributed by atoms with Crippen LogP contribution in [0.2, 0.25) is 0 Å². The SMILES string of the molecule is CC(C)CCCC(C)NC([NH])=O. The zero-order chi connectivity index (χ0) is 9.56. The van der Waals surface area contributed by atoms with E-state index in [9.17, 15) is 4.79 Å². The second kappa shape index (κ2) is 5.86. The molecular formula is C9H19N2O. The fourth-order valence-corrected chi connectivity index (χ4v) is 1.13. The Bertz CT molecular complexity index is 134. The van der Waals surface area contributed by atoms with E-state index in [-0.39, 0.29) is 6.04 Å². The first-order valence-corrected chi connectivity index (χ1v) is 4.54. The van der Waals surface area contributed by atoms with Crippen LogP contribution in [0, 0.1) is 5.92 Å². The van der Waals surface area contributed by atoms with Crippen LogP contribution in [0.3, 0.4) is 0 Å². The smallest absolute Gasteiger partial charge is 0.333 e. The minimum Gasteiger partial charge on any atom is -0.334 e. The summed E-state index contributed by atoms with van der Waals surface area (Å²) in [6.45, 7) is 6.31. The number of carbonyl (C=O) groups excluding carboxylic acids is 1. The number of rotatable bonds is 5. The Labute approximate surface area is 74.7 Å². The molecule has 1 radical (unpaired) electrons. The zero-order valence-electron chi connectivity index (χ0n) is 8.18. The van der Waals surface area contributed by atoms with Crippen LogP contribution in [0.15, 0.2) is 0 Å². The molecule has 0 saturated heterocycles. The predicted molar refractivity (Wildman–Crippen MR) is 49.8 cm³/mol. The van der Waals surface area contributed by atoms with Gasteiger partial charge in [-0.25, -0.2) is 10.5 Å². The number of amides is 2. The van der Waals surface area contributed by atoms with Crippen molar-refractivity contribution in [3.05, 3.63) is 0 Å². The molecule has 2 N–H and O–H groups in total. The van der Waals surface area contributed by atoms with E-state index >= 15 is 0 Å². The van der Waals surface area contributed by atoms with Gasteiger partial charge in [0.15, 0.2) is 0 Å². The normalized spacial score (nSPS) is 13.0. The maximum atomic E-state index is 10.3. The predicted octanol–water partition coefficient (Wildman–Crippen LogP) is 2.19. The van der Waals surface area contributed by atoms with Crippen LogP contribution in [0.25, 0.3) is 0 Å². The van der Waals surface area contributed by atoms with Crippen LogP contribution in [-0.2, 0) is 0 Å². The molecule has 0 aromatic carbocycles. The van der Waals surface area contributed by atoms with Gasteiger partial charge in [-0.05, 0) is 19.3 Å². The maximum Gasteiger partial charge on any atom is 0.333 e. The molecule has 0 spiro atoms. The molecule has 3 nitrogen and oxygen atoms in total. The van der Waals surface area contributed by atoms with Crippen LogP contribution < -0.4 is 11.1 Å². The highest BCUT2D eigenvalue weighted by atomic mass is 16.2. The summed E-state index contributed by atoms with van der Waals surface area (Å²) in [6, 6.07) is -0.527. The van der Waals surface area contributed by atoms with E-state index in [0.29, 0.717) is 0 Å². The summed E-state index contributed by atoms with van der Waals surface area (Å²) >= 11 is 0. The van der Waals surface area contributed by atoms with Crippen molar-refractivity contribution in [3.63, 3.8) is 0 Å². The van der Waals surface area contributed by atoms with Gasteiger partial charge in [-0.15, -0.1) is 0 Å². The van der Waals surface area contributed by atoms with Gasteiger partial charge in [0.1, 0.15) is 0 Å². The molecule has 0 aliphatic rings. The topological polar surface area (TPSA) is 52.9 Å². The Kier molecular flexibility index (Phi) is 5.51. The molecule has 0 heterocycles. The van der Waals surface area contributed by atoms with E-state index < -0.39 is 6.03 Å². The summed E-state index contributed by atoms with van der Waals surface area (Å²) in [5.74, 6) is 0.726. The highest BCUT2D eigenvalue weighted by Crippen LogP contribution is 2.07. The van der Waals surface area contributed by atoms with Crippen molar-refractivity contribution in [1.82, 2.24) is 11.1 Å².